The molecule has 8 nitrogen and oxygen atoms in total. The quantitative estimate of drug-likeness (QED) is 0.607. The Morgan fingerprint density at radius 3 is 2.90 bits per heavy atom. The van der Waals surface area contributed by atoms with E-state index in [1.807, 2.05) is 6.07 Å². The number of anilines is 1. The molecule has 8 heteroatoms. The molecule has 21 heavy (non-hydrogen) atoms. The lowest BCUT2D eigenvalue weighted by molar-refractivity contribution is -0.385. The minimum absolute atomic E-state index is 0.00829. The fourth-order valence-electron chi connectivity index (χ4n) is 2.05. The number of nitrogens with zero attached hydrogens (tertiary/aromatic N) is 5. The first-order valence-corrected chi connectivity index (χ1v) is 6.37. The van der Waals surface area contributed by atoms with E-state index in [0.29, 0.717) is 12.2 Å². The molecule has 0 saturated heterocycles. The van der Waals surface area contributed by atoms with Crippen molar-refractivity contribution in [2.24, 2.45) is 0 Å². The Balaban J connectivity index is 2.71. The summed E-state index contributed by atoms with van der Waals surface area (Å²) < 4.78 is 1.14. The van der Waals surface area contributed by atoms with Crippen molar-refractivity contribution in [2.75, 3.05) is 18.0 Å². The van der Waals surface area contributed by atoms with Gasteiger partial charge in [0, 0.05) is 19.3 Å². The Kier molecular flexibility index (Phi) is 4.13. The summed E-state index contributed by atoms with van der Waals surface area (Å²) in [6, 6.07) is 6.89. The van der Waals surface area contributed by atoms with Gasteiger partial charge in [-0.2, -0.15) is 5.26 Å². The van der Waals surface area contributed by atoms with Crippen molar-refractivity contribution in [1.29, 1.82) is 5.26 Å². The number of nitriles is 1. The first-order valence-electron chi connectivity index (χ1n) is 6.37. The van der Waals surface area contributed by atoms with Gasteiger partial charge in [-0.1, -0.05) is 6.07 Å². The van der Waals surface area contributed by atoms with Crippen LogP contribution in [0, 0.1) is 21.4 Å². The summed E-state index contributed by atoms with van der Waals surface area (Å²) in [6.45, 7) is 2.48. The Bertz CT molecular complexity index is 777. The molecule has 0 unspecified atom stereocenters. The normalized spacial score (nSPS) is 10.3. The Morgan fingerprint density at radius 1 is 1.52 bits per heavy atom. The number of nitro groups is 1. The highest BCUT2D eigenvalue weighted by Gasteiger charge is 2.26. The Labute approximate surface area is 120 Å². The maximum absolute atomic E-state index is 12.3. The van der Waals surface area contributed by atoms with Crippen molar-refractivity contribution < 1.29 is 4.92 Å². The van der Waals surface area contributed by atoms with Gasteiger partial charge in [0.2, 0.25) is 5.82 Å². The molecule has 0 saturated carbocycles. The first-order chi connectivity index (χ1) is 10.1. The zero-order chi connectivity index (χ0) is 15.4. The van der Waals surface area contributed by atoms with Crippen LogP contribution < -0.4 is 10.5 Å². The smallest absolute Gasteiger partial charge is 0.350 e. The van der Waals surface area contributed by atoms with Crippen molar-refractivity contribution >= 4 is 17.2 Å². The van der Waals surface area contributed by atoms with Gasteiger partial charge in [-0.15, -0.1) is 0 Å². The van der Waals surface area contributed by atoms with Crippen molar-refractivity contribution in [3.63, 3.8) is 0 Å². The first kappa shape index (κ1) is 14.5. The third-order valence-corrected chi connectivity index (χ3v) is 3.05. The molecule has 0 aromatic carbocycles. The lowest BCUT2D eigenvalue weighted by Gasteiger charge is -2.20. The van der Waals surface area contributed by atoms with Crippen LogP contribution in [-0.2, 0) is 0 Å². The molecule has 0 bridgehead atoms. The second-order valence-electron chi connectivity index (χ2n) is 4.26. The molecular weight excluding hydrogens is 274 g/mol. The van der Waals surface area contributed by atoms with Gasteiger partial charge in [0.05, 0.1) is 17.4 Å². The Morgan fingerprint density at radius 2 is 2.29 bits per heavy atom. The third kappa shape index (κ3) is 2.67. The summed E-state index contributed by atoms with van der Waals surface area (Å²) >= 11 is 0. The molecule has 2 aromatic heterocycles. The van der Waals surface area contributed by atoms with Crippen LogP contribution in [0.15, 0.2) is 29.2 Å². The number of rotatable bonds is 5. The topological polar surface area (TPSA) is 105 Å². The number of fused-ring (bicyclic) bond motifs is 1. The molecule has 2 aromatic rings. The summed E-state index contributed by atoms with van der Waals surface area (Å²) in [5.74, 6) is 0.00829. The second-order valence-corrected chi connectivity index (χ2v) is 4.26. The average molecular weight is 287 g/mol. The number of hydrogen-bond donors (Lipinski definition) is 0. The van der Waals surface area contributed by atoms with Crippen LogP contribution in [0.25, 0.3) is 5.65 Å². The molecule has 2 rings (SSSR count). The molecule has 0 aliphatic rings. The predicted molar refractivity (Wildman–Crippen MR) is 76.2 cm³/mol. The highest BCUT2D eigenvalue weighted by molar-refractivity contribution is 5.61. The van der Waals surface area contributed by atoms with E-state index < -0.39 is 16.2 Å². The second kappa shape index (κ2) is 6.00. The zero-order valence-corrected chi connectivity index (χ0v) is 11.4. The lowest BCUT2D eigenvalue weighted by Crippen LogP contribution is -2.30. The van der Waals surface area contributed by atoms with Gasteiger partial charge in [0.1, 0.15) is 5.65 Å². The number of pyridine rings is 1. The van der Waals surface area contributed by atoms with Crippen molar-refractivity contribution in [1.82, 2.24) is 9.38 Å². The molecular formula is C13H13N5O3. The molecule has 0 N–H and O–H groups in total. The van der Waals surface area contributed by atoms with E-state index in [4.69, 9.17) is 5.26 Å². The predicted octanol–water partition coefficient (Wildman–Crippen LogP) is 1.34. The minimum atomic E-state index is -0.726. The fraction of sp³-hybridized carbons (Fsp3) is 0.308. The van der Waals surface area contributed by atoms with Crippen LogP contribution in [0.3, 0.4) is 0 Å². The highest BCUT2D eigenvalue weighted by atomic mass is 16.6. The van der Waals surface area contributed by atoms with E-state index in [-0.39, 0.29) is 18.8 Å². The van der Waals surface area contributed by atoms with Crippen molar-refractivity contribution in [3.05, 3.63) is 44.9 Å². The van der Waals surface area contributed by atoms with E-state index in [0.717, 1.165) is 4.40 Å². The van der Waals surface area contributed by atoms with Crippen molar-refractivity contribution in [3.8, 4) is 6.07 Å². The third-order valence-electron chi connectivity index (χ3n) is 3.05. The van der Waals surface area contributed by atoms with E-state index in [1.54, 1.807) is 30.0 Å². The molecule has 0 spiro atoms. The maximum atomic E-state index is 12.3. The summed E-state index contributed by atoms with van der Waals surface area (Å²) in [7, 11) is 0. The van der Waals surface area contributed by atoms with Gasteiger partial charge in [-0.3, -0.25) is 19.3 Å². The van der Waals surface area contributed by atoms with Gasteiger partial charge < -0.3 is 4.90 Å². The van der Waals surface area contributed by atoms with E-state index in [1.165, 1.54) is 6.20 Å². The summed E-state index contributed by atoms with van der Waals surface area (Å²) in [6.07, 6.45) is 1.63. The molecule has 0 aliphatic heterocycles. The molecule has 0 aliphatic carbocycles. The molecule has 0 atom stereocenters. The number of hydrogen-bond acceptors (Lipinski definition) is 6. The lowest BCUT2D eigenvalue weighted by atomic mass is 10.3. The summed E-state index contributed by atoms with van der Waals surface area (Å²) in [4.78, 5) is 28.6. The summed E-state index contributed by atoms with van der Waals surface area (Å²) in [5.41, 5.74) is -0.965. The van der Waals surface area contributed by atoms with Gasteiger partial charge >= 0.3 is 11.2 Å². The van der Waals surface area contributed by atoms with Crippen LogP contribution in [0.2, 0.25) is 0 Å². The molecule has 2 heterocycles. The summed E-state index contributed by atoms with van der Waals surface area (Å²) in [5, 5.41) is 19.9. The zero-order valence-electron chi connectivity index (χ0n) is 11.4. The van der Waals surface area contributed by atoms with Crippen molar-refractivity contribution in [2.45, 2.75) is 13.3 Å². The van der Waals surface area contributed by atoms with Crippen LogP contribution in [0.5, 0.6) is 0 Å². The Hall–Kier alpha value is -2.95. The SMILES string of the molecule is CCN(CCC#N)c1nc2ccccn2c(=O)c1[N+](=O)[O-]. The van der Waals surface area contributed by atoms with E-state index in [2.05, 4.69) is 4.98 Å². The van der Waals surface area contributed by atoms with Gasteiger partial charge in [-0.05, 0) is 19.1 Å². The van der Waals surface area contributed by atoms with Crippen LogP contribution in [-0.4, -0.2) is 27.4 Å². The largest absolute Gasteiger partial charge is 0.376 e. The van der Waals surface area contributed by atoms with Crippen LogP contribution >= 0.6 is 0 Å². The van der Waals surface area contributed by atoms with Crippen LogP contribution in [0.4, 0.5) is 11.5 Å². The molecule has 0 amide bonds. The molecule has 0 fully saturated rings. The van der Waals surface area contributed by atoms with Gasteiger partial charge in [-0.25, -0.2) is 4.98 Å². The monoisotopic (exact) mass is 287 g/mol. The average Bonchev–Trinajstić information content (AvgIpc) is 2.48. The van der Waals surface area contributed by atoms with Gasteiger partial charge in [0.25, 0.3) is 0 Å². The maximum Gasteiger partial charge on any atom is 0.376 e. The van der Waals surface area contributed by atoms with E-state index >= 15 is 0 Å². The van der Waals surface area contributed by atoms with E-state index in [9.17, 15) is 14.9 Å². The van der Waals surface area contributed by atoms with Gasteiger partial charge in [0.15, 0.2) is 0 Å². The highest BCUT2D eigenvalue weighted by Crippen LogP contribution is 2.22. The standard InChI is InChI=1S/C13H13N5O3/c1-2-16(8-5-7-14)12-11(18(20)21)13(19)17-9-4-3-6-10(17)15-12/h3-4,6,9H,2,5,8H2,1H3. The van der Waals surface area contributed by atoms with Crippen LogP contribution in [0.1, 0.15) is 13.3 Å². The minimum Gasteiger partial charge on any atom is -0.350 e. The number of aromatic nitrogens is 2. The molecule has 0 radical (unpaired) electrons. The molecule has 108 valence electrons. The fourth-order valence-corrected chi connectivity index (χ4v) is 2.05.